The van der Waals surface area contributed by atoms with Crippen molar-refractivity contribution in [1.29, 1.82) is 0 Å². The Kier molecular flexibility index (Phi) is 18.9. The summed E-state index contributed by atoms with van der Waals surface area (Å²) in [5, 5.41) is 8.64. The standard InChI is InChI=1S/C27H56NO4P/c1-5-6-7-8-9-10-11-12-13-14-15-16-17-18-19-20-21-22-23-24-25-27(29,33(30,31)32)26-28(2,3)4/h12-13,29H,5-11,14-26H2,1-4H3,(H-,30,31,32)/p+1/b13-12+. The molecule has 0 saturated carbocycles. The molecule has 0 radical (unpaired) electrons. The minimum atomic E-state index is -4.54. The van der Waals surface area contributed by atoms with E-state index in [0.717, 1.165) is 12.8 Å². The van der Waals surface area contributed by atoms with E-state index in [1.54, 1.807) is 0 Å². The molecule has 0 bridgehead atoms. The van der Waals surface area contributed by atoms with Crippen LogP contribution in [0, 0.1) is 0 Å². The summed E-state index contributed by atoms with van der Waals surface area (Å²) in [6.45, 7) is 2.33. The molecule has 0 rings (SSSR count). The molecule has 0 fully saturated rings. The summed E-state index contributed by atoms with van der Waals surface area (Å²) < 4.78 is 12.1. The van der Waals surface area contributed by atoms with Gasteiger partial charge in [-0.15, -0.1) is 0 Å². The molecule has 0 aliphatic rings. The molecule has 198 valence electrons. The minimum Gasteiger partial charge on any atom is -0.373 e. The Morgan fingerprint density at radius 2 is 1.03 bits per heavy atom. The summed E-state index contributed by atoms with van der Waals surface area (Å²) in [6, 6.07) is 0. The second-order valence-corrected chi connectivity index (χ2v) is 13.0. The SMILES string of the molecule is CCCCCCCC/C=C/CCCCCCCCCCCCC(O)(C[N+](C)(C)C)P(=O)(O)O. The van der Waals surface area contributed by atoms with Crippen molar-refractivity contribution in [1.82, 2.24) is 0 Å². The first-order valence-electron chi connectivity index (χ1n) is 13.8. The Hall–Kier alpha value is -0.190. The number of unbranched alkanes of at least 4 members (excludes halogenated alkanes) is 16. The van der Waals surface area contributed by atoms with Gasteiger partial charge in [-0.3, -0.25) is 4.57 Å². The van der Waals surface area contributed by atoms with Gasteiger partial charge in [0.05, 0.1) is 21.1 Å². The van der Waals surface area contributed by atoms with Crippen molar-refractivity contribution in [3.05, 3.63) is 12.2 Å². The van der Waals surface area contributed by atoms with Crippen molar-refractivity contribution < 1.29 is 23.9 Å². The van der Waals surface area contributed by atoms with Gasteiger partial charge >= 0.3 is 7.60 Å². The molecule has 33 heavy (non-hydrogen) atoms. The van der Waals surface area contributed by atoms with E-state index < -0.39 is 12.9 Å². The topological polar surface area (TPSA) is 77.8 Å². The first-order chi connectivity index (χ1) is 15.5. The third-order valence-corrected chi connectivity index (χ3v) is 7.81. The van der Waals surface area contributed by atoms with Crippen molar-refractivity contribution in [2.24, 2.45) is 0 Å². The third kappa shape index (κ3) is 19.8. The van der Waals surface area contributed by atoms with Crippen molar-refractivity contribution in [3.63, 3.8) is 0 Å². The molecule has 0 saturated heterocycles. The van der Waals surface area contributed by atoms with E-state index in [-0.39, 0.29) is 13.0 Å². The zero-order valence-corrected chi connectivity index (χ0v) is 23.3. The lowest BCUT2D eigenvalue weighted by Gasteiger charge is -2.35. The van der Waals surface area contributed by atoms with Crippen LogP contribution in [0.15, 0.2) is 12.2 Å². The maximum Gasteiger partial charge on any atom is 0.362 e. The number of rotatable bonds is 23. The first-order valence-corrected chi connectivity index (χ1v) is 15.4. The number of hydrogen-bond acceptors (Lipinski definition) is 2. The quantitative estimate of drug-likeness (QED) is 0.0598. The molecule has 0 aliphatic heterocycles. The Balaban J connectivity index is 3.56. The highest BCUT2D eigenvalue weighted by Crippen LogP contribution is 2.52. The molecular weight excluding hydrogens is 433 g/mol. The van der Waals surface area contributed by atoms with Gasteiger partial charge < -0.3 is 19.4 Å². The van der Waals surface area contributed by atoms with Crippen LogP contribution < -0.4 is 0 Å². The van der Waals surface area contributed by atoms with Crippen molar-refractivity contribution in [3.8, 4) is 0 Å². The summed E-state index contributed by atoms with van der Waals surface area (Å²) >= 11 is 0. The second kappa shape index (κ2) is 19.1. The van der Waals surface area contributed by atoms with Crippen LogP contribution in [-0.4, -0.2) is 52.4 Å². The first kappa shape index (κ1) is 32.8. The van der Waals surface area contributed by atoms with Gasteiger partial charge in [-0.2, -0.15) is 0 Å². The predicted octanol–water partition coefficient (Wildman–Crippen LogP) is 7.55. The van der Waals surface area contributed by atoms with Gasteiger partial charge in [0.15, 0.2) is 0 Å². The Morgan fingerprint density at radius 3 is 1.39 bits per heavy atom. The van der Waals surface area contributed by atoms with Gasteiger partial charge in [-0.1, -0.05) is 103 Å². The van der Waals surface area contributed by atoms with E-state index in [1.165, 1.54) is 96.3 Å². The molecule has 0 amide bonds. The fourth-order valence-corrected chi connectivity index (χ4v) is 5.50. The van der Waals surface area contributed by atoms with Crippen molar-refractivity contribution in [2.45, 2.75) is 134 Å². The van der Waals surface area contributed by atoms with Crippen LogP contribution in [0.1, 0.15) is 129 Å². The molecule has 0 spiro atoms. The summed E-state index contributed by atoms with van der Waals surface area (Å²) in [5.74, 6) is 0. The summed E-state index contributed by atoms with van der Waals surface area (Å²) in [4.78, 5) is 19.2. The second-order valence-electron chi connectivity index (χ2n) is 11.1. The predicted molar refractivity (Wildman–Crippen MR) is 142 cm³/mol. The highest BCUT2D eigenvalue weighted by molar-refractivity contribution is 7.53. The van der Waals surface area contributed by atoms with Gasteiger partial charge in [0, 0.05) is 0 Å². The average Bonchev–Trinajstić information content (AvgIpc) is 2.70. The van der Waals surface area contributed by atoms with E-state index in [2.05, 4.69) is 19.1 Å². The number of allylic oxidation sites excluding steroid dienone is 2. The zero-order chi connectivity index (χ0) is 25.1. The lowest BCUT2D eigenvalue weighted by molar-refractivity contribution is -0.875. The van der Waals surface area contributed by atoms with E-state index >= 15 is 0 Å². The average molecular weight is 491 g/mol. The maximum absolute atomic E-state index is 11.8. The van der Waals surface area contributed by atoms with Crippen LogP contribution in [0.5, 0.6) is 0 Å². The number of aliphatic hydroxyl groups is 1. The van der Waals surface area contributed by atoms with Crippen LogP contribution in [-0.2, 0) is 4.57 Å². The molecule has 1 unspecified atom stereocenters. The van der Waals surface area contributed by atoms with Crippen molar-refractivity contribution >= 4 is 7.60 Å². The van der Waals surface area contributed by atoms with Crippen LogP contribution >= 0.6 is 7.60 Å². The maximum atomic E-state index is 11.8. The highest BCUT2D eigenvalue weighted by Gasteiger charge is 2.48. The van der Waals surface area contributed by atoms with E-state index in [4.69, 9.17) is 0 Å². The van der Waals surface area contributed by atoms with Crippen LogP contribution in [0.2, 0.25) is 0 Å². The number of quaternary nitrogens is 1. The molecule has 5 nitrogen and oxygen atoms in total. The normalized spacial score (nSPS) is 14.8. The molecule has 1 atom stereocenters. The minimum absolute atomic E-state index is 0.0617. The van der Waals surface area contributed by atoms with Gasteiger partial charge in [-0.05, 0) is 38.5 Å². The fourth-order valence-electron chi connectivity index (χ4n) is 4.44. The number of nitrogens with zero attached hydrogens (tertiary/aromatic N) is 1. The van der Waals surface area contributed by atoms with Gasteiger partial charge in [0.25, 0.3) is 0 Å². The fraction of sp³-hybridized carbons (Fsp3) is 0.926. The van der Waals surface area contributed by atoms with E-state index in [1.807, 2.05) is 21.1 Å². The monoisotopic (exact) mass is 490 g/mol. The summed E-state index contributed by atoms with van der Waals surface area (Å²) in [6.07, 6.45) is 27.3. The van der Waals surface area contributed by atoms with E-state index in [9.17, 15) is 19.5 Å². The molecule has 3 N–H and O–H groups in total. The zero-order valence-electron chi connectivity index (χ0n) is 22.4. The molecule has 0 aromatic carbocycles. The van der Waals surface area contributed by atoms with Crippen molar-refractivity contribution in [2.75, 3.05) is 27.7 Å². The number of likely N-dealkylation sites (N-methyl/N-ethyl adjacent to an activating group) is 1. The van der Waals surface area contributed by atoms with Gasteiger partial charge in [-0.25, -0.2) is 0 Å². The Bertz CT molecular complexity index is 527. The molecular formula is C27H57NO4P+. The lowest BCUT2D eigenvalue weighted by atomic mass is 10.0. The van der Waals surface area contributed by atoms with Gasteiger partial charge in [0.2, 0.25) is 5.34 Å². The smallest absolute Gasteiger partial charge is 0.362 e. The molecule has 6 heteroatoms. The third-order valence-electron chi connectivity index (χ3n) is 6.36. The number of hydrogen-bond donors (Lipinski definition) is 3. The van der Waals surface area contributed by atoms with E-state index in [0.29, 0.717) is 10.9 Å². The highest BCUT2D eigenvalue weighted by atomic mass is 31.2. The molecule has 0 heterocycles. The molecule has 0 aromatic heterocycles. The Labute approximate surface area is 205 Å². The van der Waals surface area contributed by atoms with Gasteiger partial charge in [0.1, 0.15) is 6.54 Å². The lowest BCUT2D eigenvalue weighted by Crippen LogP contribution is -2.49. The van der Waals surface area contributed by atoms with Crippen LogP contribution in [0.4, 0.5) is 0 Å². The molecule has 0 aromatic rings. The summed E-state index contributed by atoms with van der Waals surface area (Å²) in [5.41, 5.74) is 0. The van der Waals surface area contributed by atoms with Crippen LogP contribution in [0.25, 0.3) is 0 Å². The largest absolute Gasteiger partial charge is 0.373 e. The summed E-state index contributed by atoms with van der Waals surface area (Å²) in [7, 11) is 0.982. The van der Waals surface area contributed by atoms with Crippen LogP contribution in [0.3, 0.4) is 0 Å². The Morgan fingerprint density at radius 1 is 0.667 bits per heavy atom. The molecule has 0 aliphatic carbocycles.